The Morgan fingerprint density at radius 3 is 2.67 bits per heavy atom. The summed E-state index contributed by atoms with van der Waals surface area (Å²) in [6.07, 6.45) is 2.94. The van der Waals surface area contributed by atoms with E-state index in [1.807, 2.05) is 13.0 Å². The zero-order chi connectivity index (χ0) is 4.83. The predicted octanol–water partition coefficient (Wildman–Crippen LogP) is 0.424. The molecular formula is C4H9OSi. The van der Waals surface area contributed by atoms with Crippen molar-refractivity contribution in [2.24, 2.45) is 0 Å². The second-order valence-corrected chi connectivity index (χ2v) is 1.85. The summed E-state index contributed by atoms with van der Waals surface area (Å²) in [6.45, 7) is 2.03. The van der Waals surface area contributed by atoms with Crippen molar-refractivity contribution in [2.75, 3.05) is 0 Å². The minimum absolute atomic E-state index is 1.01. The molecule has 0 atom stereocenters. The second kappa shape index (κ2) is 4.92. The van der Waals surface area contributed by atoms with Gasteiger partial charge in [-0.05, 0) is 6.42 Å². The van der Waals surface area contributed by atoms with E-state index in [0.717, 1.165) is 6.42 Å². The maximum atomic E-state index is 9.74. The molecule has 0 bridgehead atoms. The van der Waals surface area contributed by atoms with Crippen LogP contribution in [-0.2, 0) is 4.80 Å². The number of rotatable bonds is 2. The quantitative estimate of drug-likeness (QED) is 0.449. The third kappa shape index (κ3) is 3.92. The monoisotopic (exact) mass is 101 g/mol. The van der Waals surface area contributed by atoms with Crippen LogP contribution in [0.3, 0.4) is 0 Å². The zero-order valence-corrected chi connectivity index (χ0v) is 5.39. The molecule has 1 radical (unpaired) electrons. The van der Waals surface area contributed by atoms with Gasteiger partial charge < -0.3 is 4.80 Å². The van der Waals surface area contributed by atoms with Crippen LogP contribution in [0.25, 0.3) is 0 Å². The SMILES string of the molecule is CC/C=C/[SiH2][O]. The molecule has 0 aromatic heterocycles. The van der Waals surface area contributed by atoms with E-state index in [1.165, 1.54) is 0 Å². The van der Waals surface area contributed by atoms with Gasteiger partial charge in [-0.1, -0.05) is 18.7 Å². The first-order chi connectivity index (χ1) is 2.91. The first-order valence-corrected chi connectivity index (χ1v) is 3.54. The van der Waals surface area contributed by atoms with Crippen LogP contribution < -0.4 is 0 Å². The van der Waals surface area contributed by atoms with E-state index in [0.29, 0.717) is 0 Å². The molecule has 0 fully saturated rings. The average Bonchev–Trinajstić information content (AvgIpc) is 1.61. The lowest BCUT2D eigenvalue weighted by molar-refractivity contribution is 0.483. The molecule has 0 unspecified atom stereocenters. The van der Waals surface area contributed by atoms with Gasteiger partial charge in [0.25, 0.3) is 0 Å². The molecule has 0 spiro atoms. The van der Waals surface area contributed by atoms with E-state index in [9.17, 15) is 4.80 Å². The standard InChI is InChI=1S/C4H9OSi/c1-2-3-4-6-5/h3-4H,2,6H2,1H3/b4-3+. The predicted molar refractivity (Wildman–Crippen MR) is 28.7 cm³/mol. The summed E-state index contributed by atoms with van der Waals surface area (Å²) in [5, 5.41) is 0. The van der Waals surface area contributed by atoms with E-state index in [4.69, 9.17) is 0 Å². The summed E-state index contributed by atoms with van der Waals surface area (Å²) < 4.78 is 0. The average molecular weight is 101 g/mol. The van der Waals surface area contributed by atoms with Crippen molar-refractivity contribution in [1.82, 2.24) is 0 Å². The normalized spacial score (nSPS) is 12.3. The van der Waals surface area contributed by atoms with E-state index >= 15 is 0 Å². The first-order valence-electron chi connectivity index (χ1n) is 2.15. The fraction of sp³-hybridized carbons (Fsp3) is 0.500. The second-order valence-electron chi connectivity index (χ2n) is 1.05. The van der Waals surface area contributed by atoms with Gasteiger partial charge in [0.15, 0.2) is 0 Å². The van der Waals surface area contributed by atoms with Crippen LogP contribution in [0.4, 0.5) is 0 Å². The minimum atomic E-state index is -1.03. The van der Waals surface area contributed by atoms with Gasteiger partial charge in [-0.2, -0.15) is 0 Å². The van der Waals surface area contributed by atoms with Gasteiger partial charge in [-0.15, -0.1) is 0 Å². The molecule has 1 nitrogen and oxygen atoms in total. The number of hydrogen-bond acceptors (Lipinski definition) is 0. The third-order valence-electron chi connectivity index (χ3n) is 0.499. The highest BCUT2D eigenvalue weighted by molar-refractivity contribution is 6.32. The summed E-state index contributed by atoms with van der Waals surface area (Å²) >= 11 is 0. The lowest BCUT2D eigenvalue weighted by atomic mass is 10.5. The van der Waals surface area contributed by atoms with Crippen molar-refractivity contribution in [3.05, 3.63) is 11.8 Å². The Morgan fingerprint density at radius 1 is 1.83 bits per heavy atom. The van der Waals surface area contributed by atoms with Crippen molar-refractivity contribution in [3.63, 3.8) is 0 Å². The summed E-state index contributed by atoms with van der Waals surface area (Å²) in [5.74, 6) is 0. The Morgan fingerprint density at radius 2 is 2.50 bits per heavy atom. The molecule has 0 saturated heterocycles. The van der Waals surface area contributed by atoms with Gasteiger partial charge in [-0.3, -0.25) is 0 Å². The van der Waals surface area contributed by atoms with Gasteiger partial charge in [-0.25, -0.2) is 0 Å². The lowest BCUT2D eigenvalue weighted by Gasteiger charge is -1.69. The van der Waals surface area contributed by atoms with E-state index < -0.39 is 9.76 Å². The molecule has 0 aliphatic rings. The van der Waals surface area contributed by atoms with Crippen LogP contribution in [0, 0.1) is 0 Å². The molecule has 0 saturated carbocycles. The van der Waals surface area contributed by atoms with Crippen LogP contribution in [0.1, 0.15) is 13.3 Å². The van der Waals surface area contributed by atoms with E-state index in [2.05, 4.69) is 0 Å². The van der Waals surface area contributed by atoms with Crippen LogP contribution >= 0.6 is 0 Å². The minimum Gasteiger partial charge on any atom is -0.301 e. The molecule has 0 N–H and O–H groups in total. The van der Waals surface area contributed by atoms with E-state index in [-0.39, 0.29) is 0 Å². The van der Waals surface area contributed by atoms with E-state index in [1.54, 1.807) is 5.70 Å². The Balaban J connectivity index is 2.73. The van der Waals surface area contributed by atoms with Crippen LogP contribution in [0.2, 0.25) is 0 Å². The zero-order valence-electron chi connectivity index (χ0n) is 3.98. The largest absolute Gasteiger partial charge is 0.301 e. The maximum absolute atomic E-state index is 9.74. The van der Waals surface area contributed by atoms with Gasteiger partial charge in [0.05, 0.1) is 0 Å². The molecule has 0 rings (SSSR count). The number of allylic oxidation sites excluding steroid dienone is 1. The van der Waals surface area contributed by atoms with Crippen LogP contribution in [0.15, 0.2) is 11.8 Å². The molecule has 0 aliphatic carbocycles. The molecule has 0 aromatic carbocycles. The molecule has 2 heteroatoms. The summed E-state index contributed by atoms with van der Waals surface area (Å²) in [6, 6.07) is 0. The Labute approximate surface area is 40.6 Å². The lowest BCUT2D eigenvalue weighted by Crippen LogP contribution is -1.71. The van der Waals surface area contributed by atoms with Crippen molar-refractivity contribution in [2.45, 2.75) is 13.3 Å². The smallest absolute Gasteiger partial charge is 0.230 e. The van der Waals surface area contributed by atoms with Gasteiger partial charge >= 0.3 is 0 Å². The number of hydrogen-bond donors (Lipinski definition) is 0. The van der Waals surface area contributed by atoms with Crippen molar-refractivity contribution in [3.8, 4) is 0 Å². The summed E-state index contributed by atoms with van der Waals surface area (Å²) in [4.78, 5) is 9.74. The first kappa shape index (κ1) is 5.92. The molecule has 35 valence electrons. The Hall–Kier alpha value is -0.0831. The van der Waals surface area contributed by atoms with Crippen LogP contribution in [-0.4, -0.2) is 9.76 Å². The van der Waals surface area contributed by atoms with Crippen molar-refractivity contribution < 1.29 is 4.80 Å². The molecule has 0 aliphatic heterocycles. The Bertz CT molecular complexity index is 36.8. The van der Waals surface area contributed by atoms with Gasteiger partial charge in [0, 0.05) is 0 Å². The Kier molecular flexibility index (Phi) is 4.85. The molecule has 6 heavy (non-hydrogen) atoms. The van der Waals surface area contributed by atoms with Crippen LogP contribution in [0.5, 0.6) is 0 Å². The van der Waals surface area contributed by atoms with Crippen molar-refractivity contribution in [1.29, 1.82) is 0 Å². The maximum Gasteiger partial charge on any atom is 0.230 e. The van der Waals surface area contributed by atoms with Gasteiger partial charge in [0.2, 0.25) is 9.76 Å². The molecular weight excluding hydrogens is 92.1 g/mol. The summed E-state index contributed by atoms with van der Waals surface area (Å²) in [7, 11) is -1.03. The fourth-order valence-corrected chi connectivity index (χ4v) is 0.704. The third-order valence-corrected chi connectivity index (χ3v) is 1.02. The molecule has 0 aromatic rings. The molecule has 0 heterocycles. The fourth-order valence-electron chi connectivity index (χ4n) is 0.235. The molecule has 0 amide bonds. The van der Waals surface area contributed by atoms with Gasteiger partial charge in [0.1, 0.15) is 0 Å². The highest BCUT2D eigenvalue weighted by Crippen LogP contribution is 1.73. The highest BCUT2D eigenvalue weighted by atomic mass is 28.2. The summed E-state index contributed by atoms with van der Waals surface area (Å²) in [5.41, 5.74) is 1.76. The van der Waals surface area contributed by atoms with Crippen molar-refractivity contribution >= 4 is 9.76 Å². The topological polar surface area (TPSA) is 19.9 Å². The highest BCUT2D eigenvalue weighted by Gasteiger charge is 1.65.